The summed E-state index contributed by atoms with van der Waals surface area (Å²) in [7, 11) is 8.47. The van der Waals surface area contributed by atoms with Crippen molar-refractivity contribution in [3.63, 3.8) is 0 Å². The Hall–Kier alpha value is -1.63. The number of carbonyl (C=O) groups is 1. The summed E-state index contributed by atoms with van der Waals surface area (Å²) in [5, 5.41) is 25.0. The zero-order valence-corrected chi connectivity index (χ0v) is 27.7. The molecule has 250 valence electrons. The van der Waals surface area contributed by atoms with Gasteiger partial charge in [0, 0.05) is 94.6 Å². The third-order valence-electron chi connectivity index (χ3n) is 13.7. The van der Waals surface area contributed by atoms with Crippen LogP contribution < -0.4 is 4.74 Å². The summed E-state index contributed by atoms with van der Waals surface area (Å²) in [4.78, 5) is 17.4. The molecule has 45 heavy (non-hydrogen) atoms. The first-order valence-corrected chi connectivity index (χ1v) is 16.7. The molecule has 10 heteroatoms. The summed E-state index contributed by atoms with van der Waals surface area (Å²) in [5.41, 5.74) is -2.83. The van der Waals surface area contributed by atoms with E-state index in [0.717, 1.165) is 6.54 Å². The van der Waals surface area contributed by atoms with Crippen molar-refractivity contribution in [2.45, 2.75) is 74.8 Å². The van der Waals surface area contributed by atoms with Gasteiger partial charge in [-0.1, -0.05) is 6.92 Å². The second-order valence-electron chi connectivity index (χ2n) is 14.6. The fraction of sp³-hybridized carbons (Fsp3) is 0.800. The molecule has 0 aromatic heterocycles. The highest BCUT2D eigenvalue weighted by Crippen LogP contribution is 2.81. The lowest BCUT2D eigenvalue weighted by molar-refractivity contribution is -0.298. The van der Waals surface area contributed by atoms with Crippen LogP contribution in [0.2, 0.25) is 0 Å². The number of ketones is 1. The van der Waals surface area contributed by atoms with Gasteiger partial charge in [-0.2, -0.15) is 0 Å². The van der Waals surface area contributed by atoms with E-state index in [1.807, 2.05) is 6.92 Å². The largest absolute Gasteiger partial charge is 0.497 e. The first-order chi connectivity index (χ1) is 21.6. The van der Waals surface area contributed by atoms with Gasteiger partial charge in [0.05, 0.1) is 49.7 Å². The van der Waals surface area contributed by atoms with Gasteiger partial charge in [-0.25, -0.2) is 0 Å². The number of fused-ring (bicyclic) bond motifs is 2. The number of methoxy groups -OCH3 is 5. The maximum absolute atomic E-state index is 14.9. The number of hydrogen-bond acceptors (Lipinski definition) is 10. The van der Waals surface area contributed by atoms with Crippen LogP contribution in [0.5, 0.6) is 5.75 Å². The fourth-order valence-corrected chi connectivity index (χ4v) is 12.8. The third-order valence-corrected chi connectivity index (χ3v) is 13.7. The van der Waals surface area contributed by atoms with Gasteiger partial charge in [0.25, 0.3) is 0 Å². The number of nitrogens with zero attached hydrogens (tertiary/aromatic N) is 1. The van der Waals surface area contributed by atoms with Crippen LogP contribution in [0.15, 0.2) is 24.3 Å². The quantitative estimate of drug-likeness (QED) is 0.354. The SMILES string of the molecule is CCO[C@]12C[C@H](OC)[C@]3(O)C[C@H]([C@@H]1[C@H]3C(=O)c1ccc(OC)cc1)[C@@]13[C@@H](OC)C[C@@H](O)[C@@]4(COC)CN(CC)[C@@H]1[C@@H]2[C@H](OC)[C@H]43. The minimum atomic E-state index is -1.41. The summed E-state index contributed by atoms with van der Waals surface area (Å²) in [6, 6.07) is 7.18. The van der Waals surface area contributed by atoms with E-state index in [9.17, 15) is 15.0 Å². The molecule has 1 spiro atoms. The van der Waals surface area contributed by atoms with Crippen molar-refractivity contribution in [2.75, 3.05) is 61.9 Å². The Morgan fingerprint density at radius 3 is 2.27 bits per heavy atom. The van der Waals surface area contributed by atoms with Crippen LogP contribution in [0.1, 0.15) is 43.5 Å². The Kier molecular flexibility index (Phi) is 7.77. The maximum Gasteiger partial charge on any atom is 0.169 e. The molecule has 10 nitrogen and oxygen atoms in total. The number of piperidine rings is 1. The highest BCUT2D eigenvalue weighted by atomic mass is 16.5. The first-order valence-electron chi connectivity index (χ1n) is 16.7. The van der Waals surface area contributed by atoms with Crippen molar-refractivity contribution < 1.29 is 43.4 Å². The van der Waals surface area contributed by atoms with Gasteiger partial charge >= 0.3 is 0 Å². The Morgan fingerprint density at radius 1 is 0.978 bits per heavy atom. The van der Waals surface area contributed by atoms with Gasteiger partial charge in [0.1, 0.15) is 11.4 Å². The van der Waals surface area contributed by atoms with E-state index >= 15 is 0 Å². The van der Waals surface area contributed by atoms with E-state index < -0.39 is 40.2 Å². The van der Waals surface area contributed by atoms with E-state index in [4.69, 9.17) is 28.4 Å². The van der Waals surface area contributed by atoms with E-state index in [2.05, 4.69) is 11.8 Å². The van der Waals surface area contributed by atoms with Crippen LogP contribution in [0.3, 0.4) is 0 Å². The van der Waals surface area contributed by atoms with E-state index in [1.165, 1.54) is 0 Å². The number of hydrogen-bond donors (Lipinski definition) is 2. The van der Waals surface area contributed by atoms with Gasteiger partial charge in [-0.05, 0) is 50.1 Å². The number of Topliss-reactive ketones (excluding diaryl/α,β-unsaturated/α-hetero) is 1. The zero-order chi connectivity index (χ0) is 32.1. The molecule has 2 N–H and O–H groups in total. The van der Waals surface area contributed by atoms with Crippen molar-refractivity contribution in [1.29, 1.82) is 0 Å². The smallest absolute Gasteiger partial charge is 0.169 e. The number of aliphatic hydroxyl groups is 2. The van der Waals surface area contributed by atoms with Crippen molar-refractivity contribution in [2.24, 2.45) is 40.4 Å². The Labute approximate surface area is 266 Å². The normalized spacial score (nSPS) is 49.3. The molecule has 1 heterocycles. The molecule has 5 saturated carbocycles. The predicted octanol–water partition coefficient (Wildman–Crippen LogP) is 2.43. The van der Waals surface area contributed by atoms with Crippen LogP contribution in [0.25, 0.3) is 0 Å². The predicted molar refractivity (Wildman–Crippen MR) is 164 cm³/mol. The number of benzene rings is 1. The third kappa shape index (κ3) is 3.66. The average Bonchev–Trinajstić information content (AvgIpc) is 3.44. The zero-order valence-electron chi connectivity index (χ0n) is 27.7. The molecule has 0 radical (unpaired) electrons. The van der Waals surface area contributed by atoms with Gasteiger partial charge in [0.2, 0.25) is 0 Å². The Bertz CT molecular complexity index is 1290. The Balaban J connectivity index is 1.51. The average molecular weight is 630 g/mol. The molecule has 0 amide bonds. The van der Waals surface area contributed by atoms with Crippen molar-refractivity contribution in [3.8, 4) is 5.75 Å². The van der Waals surface area contributed by atoms with E-state index in [1.54, 1.807) is 59.8 Å². The molecule has 1 aromatic carbocycles. The lowest BCUT2D eigenvalue weighted by Crippen LogP contribution is -2.78. The van der Waals surface area contributed by atoms with Crippen LogP contribution in [0, 0.1) is 40.4 Å². The van der Waals surface area contributed by atoms with Crippen LogP contribution >= 0.6 is 0 Å². The first kappa shape index (κ1) is 31.9. The van der Waals surface area contributed by atoms with Crippen LogP contribution in [-0.2, 0) is 23.7 Å². The molecule has 5 aliphatic carbocycles. The molecule has 6 aliphatic rings. The highest BCUT2D eigenvalue weighted by molar-refractivity contribution is 5.99. The summed E-state index contributed by atoms with van der Waals surface area (Å²) >= 11 is 0. The fourth-order valence-electron chi connectivity index (χ4n) is 12.8. The molecular formula is C35H51NO9. The lowest BCUT2D eigenvalue weighted by Gasteiger charge is -2.70. The van der Waals surface area contributed by atoms with Crippen molar-refractivity contribution >= 4 is 5.78 Å². The minimum Gasteiger partial charge on any atom is -0.497 e. The highest BCUT2D eigenvalue weighted by Gasteiger charge is 2.89. The summed E-state index contributed by atoms with van der Waals surface area (Å²) < 4.78 is 37.7. The number of carbonyl (C=O) groups excluding carboxylic acids is 1. The molecule has 0 unspecified atom stereocenters. The van der Waals surface area contributed by atoms with Gasteiger partial charge in [-0.15, -0.1) is 0 Å². The second-order valence-corrected chi connectivity index (χ2v) is 14.6. The molecule has 1 aliphatic heterocycles. The van der Waals surface area contributed by atoms with Crippen molar-refractivity contribution in [1.82, 2.24) is 4.90 Å². The lowest BCUT2D eigenvalue weighted by atomic mass is 9.42. The standard InChI is InChI=1S/C35H51NO9/c1-8-36-17-32(18-40-3)22(37)14-23(42-5)35-21-15-33(39)24(43-6)16-34(45-9-2,27(31(35)36)29(44-7)30(32)35)25(21)26(33)28(38)19-10-12-20(41-4)13-11-19/h10-13,21-27,29-31,37,39H,8-9,14-18H2,1-7H3/t21-,22-,23+,24+,25-,26+,27+,29+,30-,31-,32+,33-,34-,35+/m1/s1. The number of ether oxygens (including phenoxy) is 6. The minimum absolute atomic E-state index is 0.00220. The molecular weight excluding hydrogens is 578 g/mol. The number of aliphatic hydroxyl groups excluding tert-OH is 1. The van der Waals surface area contributed by atoms with Gasteiger partial charge < -0.3 is 38.6 Å². The second kappa shape index (κ2) is 11.0. The Morgan fingerprint density at radius 2 is 1.69 bits per heavy atom. The van der Waals surface area contributed by atoms with E-state index in [0.29, 0.717) is 50.3 Å². The molecule has 7 bridgehead atoms. The molecule has 1 saturated heterocycles. The summed E-state index contributed by atoms with van der Waals surface area (Å²) in [6.45, 7) is 6.46. The molecule has 14 atom stereocenters. The summed E-state index contributed by atoms with van der Waals surface area (Å²) in [5.74, 6) is -0.937. The van der Waals surface area contributed by atoms with Crippen molar-refractivity contribution in [3.05, 3.63) is 29.8 Å². The van der Waals surface area contributed by atoms with Crippen LogP contribution in [-0.4, -0.2) is 124 Å². The number of rotatable bonds is 11. The summed E-state index contributed by atoms with van der Waals surface area (Å²) in [6.07, 6.45) is -0.579. The molecule has 1 aromatic rings. The van der Waals surface area contributed by atoms with E-state index in [-0.39, 0.29) is 47.7 Å². The monoisotopic (exact) mass is 629 g/mol. The van der Waals surface area contributed by atoms with Gasteiger partial charge in [-0.3, -0.25) is 9.69 Å². The number of likely N-dealkylation sites (tertiary alicyclic amines) is 1. The van der Waals surface area contributed by atoms with Crippen LogP contribution in [0.4, 0.5) is 0 Å². The van der Waals surface area contributed by atoms with Gasteiger partial charge in [0.15, 0.2) is 5.78 Å². The maximum atomic E-state index is 14.9. The molecule has 7 rings (SSSR count). The topological polar surface area (TPSA) is 116 Å². The molecule has 6 fully saturated rings.